The van der Waals surface area contributed by atoms with Gasteiger partial charge in [-0.3, -0.25) is 9.69 Å². The van der Waals surface area contributed by atoms with Gasteiger partial charge in [-0.25, -0.2) is 0 Å². The van der Waals surface area contributed by atoms with E-state index in [1.807, 2.05) is 0 Å². The van der Waals surface area contributed by atoms with Gasteiger partial charge in [0.1, 0.15) is 5.82 Å². The molecule has 0 radical (unpaired) electrons. The van der Waals surface area contributed by atoms with Crippen molar-refractivity contribution in [1.29, 1.82) is 5.26 Å². The summed E-state index contributed by atoms with van der Waals surface area (Å²) in [6.07, 6.45) is 0.964. The van der Waals surface area contributed by atoms with Gasteiger partial charge in [0.15, 0.2) is 10.1 Å². The van der Waals surface area contributed by atoms with E-state index in [1.165, 1.54) is 11.3 Å². The molecule has 6 nitrogen and oxygen atoms in total. The number of hydrogen-bond acceptors (Lipinski definition) is 8. The van der Waals surface area contributed by atoms with Crippen LogP contribution in [0.3, 0.4) is 0 Å². The van der Waals surface area contributed by atoms with E-state index in [9.17, 15) is 10.1 Å². The van der Waals surface area contributed by atoms with Crippen LogP contribution < -0.4 is 10.6 Å². The molecule has 4 rings (SSSR count). The van der Waals surface area contributed by atoms with E-state index in [4.69, 9.17) is 28.9 Å². The second-order valence-electron chi connectivity index (χ2n) is 9.16. The Morgan fingerprint density at radius 1 is 1.30 bits per heavy atom. The quantitative estimate of drug-likeness (QED) is 0.474. The van der Waals surface area contributed by atoms with E-state index in [-0.39, 0.29) is 22.6 Å². The lowest BCUT2D eigenvalue weighted by atomic mass is 9.68. The number of allylic oxidation sites excluding steroid dienone is 3. The smallest absolute Gasteiger partial charge is 0.219 e. The topological polar surface area (TPSA) is 95.9 Å². The number of carbonyl (C=O) groups excluding carboxylic acids is 1. The van der Waals surface area contributed by atoms with Gasteiger partial charge >= 0.3 is 0 Å². The standard InChI is InChI=1S/C23H23Cl2N5OS2/c1-11(2)32-22-29-28-21(33-22)30-16-8-23(3,4)9-17(31)19(16)18(14(10-26)20(30)27)13-6-5-12(24)7-15(13)25/h5-7,11,18H,8-9,27H2,1-4H3. The molecule has 10 heteroatoms. The lowest BCUT2D eigenvalue weighted by Gasteiger charge is -2.42. The number of nitriles is 1. The van der Waals surface area contributed by atoms with E-state index in [2.05, 4.69) is 44.0 Å². The average Bonchev–Trinajstić information content (AvgIpc) is 3.13. The van der Waals surface area contributed by atoms with Crippen LogP contribution in [0.5, 0.6) is 0 Å². The number of halogens is 2. The molecule has 172 valence electrons. The SMILES string of the molecule is CC(C)Sc1nnc(N2C(N)=C(C#N)C(c3ccc(Cl)cc3Cl)C3=C2CC(C)(C)CC3=O)s1. The highest BCUT2D eigenvalue weighted by Crippen LogP contribution is 2.51. The second-order valence-corrected chi connectivity index (χ2v) is 12.8. The minimum absolute atomic E-state index is 0.0242. The van der Waals surface area contributed by atoms with Crippen molar-refractivity contribution in [2.24, 2.45) is 11.1 Å². The van der Waals surface area contributed by atoms with Crippen molar-refractivity contribution in [1.82, 2.24) is 10.2 Å². The molecule has 1 unspecified atom stereocenters. The van der Waals surface area contributed by atoms with E-state index >= 15 is 0 Å². The number of ketones is 1. The van der Waals surface area contributed by atoms with Gasteiger partial charge in [0.25, 0.3) is 0 Å². The molecule has 33 heavy (non-hydrogen) atoms. The Kier molecular flexibility index (Phi) is 6.53. The third-order valence-corrected chi connectivity index (χ3v) is 8.14. The molecular weight excluding hydrogens is 497 g/mol. The van der Waals surface area contributed by atoms with Crippen molar-refractivity contribution >= 4 is 57.2 Å². The Bertz CT molecular complexity index is 1240. The van der Waals surface area contributed by atoms with Gasteiger partial charge in [0.2, 0.25) is 5.13 Å². The monoisotopic (exact) mass is 519 g/mol. The summed E-state index contributed by atoms with van der Waals surface area (Å²) in [4.78, 5) is 15.3. The number of Topliss-reactive ketones (excluding diaryl/α,β-unsaturated/α-hetero) is 1. The zero-order chi connectivity index (χ0) is 24.1. The van der Waals surface area contributed by atoms with Crippen LogP contribution >= 0.6 is 46.3 Å². The van der Waals surface area contributed by atoms with E-state index in [0.29, 0.717) is 44.4 Å². The van der Waals surface area contributed by atoms with Crippen LogP contribution in [0.4, 0.5) is 5.13 Å². The van der Waals surface area contributed by atoms with Crippen LogP contribution in [-0.2, 0) is 4.79 Å². The van der Waals surface area contributed by atoms with E-state index in [0.717, 1.165) is 10.0 Å². The first kappa shape index (κ1) is 24.1. The second kappa shape index (κ2) is 8.95. The number of rotatable bonds is 4. The maximum atomic E-state index is 13.5. The highest BCUT2D eigenvalue weighted by Gasteiger charge is 2.45. The summed E-state index contributed by atoms with van der Waals surface area (Å²) in [6.45, 7) is 8.27. The number of thioether (sulfide) groups is 1. The third kappa shape index (κ3) is 4.52. The number of aromatic nitrogens is 2. The third-order valence-electron chi connectivity index (χ3n) is 5.58. The molecule has 1 aliphatic heterocycles. The van der Waals surface area contributed by atoms with Crippen molar-refractivity contribution in [2.45, 2.75) is 56.0 Å². The van der Waals surface area contributed by atoms with Gasteiger partial charge in [0.05, 0.1) is 17.6 Å². The van der Waals surface area contributed by atoms with Gasteiger partial charge in [-0.1, -0.05) is 80.1 Å². The van der Waals surface area contributed by atoms with Crippen LogP contribution in [0.1, 0.15) is 52.0 Å². The zero-order valence-corrected chi connectivity index (χ0v) is 21.8. The Balaban J connectivity index is 1.95. The number of nitrogens with zero attached hydrogens (tertiary/aromatic N) is 4. The molecular formula is C23H23Cl2N5OS2. The maximum absolute atomic E-state index is 13.5. The highest BCUT2D eigenvalue weighted by atomic mass is 35.5. The molecule has 1 aromatic heterocycles. The van der Waals surface area contributed by atoms with Crippen molar-refractivity contribution in [2.75, 3.05) is 4.90 Å². The number of carbonyl (C=O) groups is 1. The summed E-state index contributed by atoms with van der Waals surface area (Å²) >= 11 is 15.7. The molecule has 0 fully saturated rings. The molecule has 2 heterocycles. The van der Waals surface area contributed by atoms with Gasteiger partial charge in [-0.05, 0) is 29.5 Å². The fourth-order valence-corrected chi connectivity index (χ4v) is 6.94. The Morgan fingerprint density at radius 2 is 2.03 bits per heavy atom. The fraction of sp³-hybridized carbons (Fsp3) is 0.391. The molecule has 2 aromatic rings. The molecule has 2 aliphatic rings. The first-order valence-corrected chi connectivity index (χ1v) is 12.9. The van der Waals surface area contributed by atoms with Gasteiger partial charge in [-0.15, -0.1) is 10.2 Å². The summed E-state index contributed by atoms with van der Waals surface area (Å²) < 4.78 is 0.803. The van der Waals surface area contributed by atoms with Gasteiger partial charge in [0, 0.05) is 33.0 Å². The summed E-state index contributed by atoms with van der Waals surface area (Å²) in [5.74, 6) is -0.439. The summed E-state index contributed by atoms with van der Waals surface area (Å²) in [6, 6.07) is 7.33. The molecule has 0 saturated carbocycles. The summed E-state index contributed by atoms with van der Waals surface area (Å²) in [7, 11) is 0. The minimum atomic E-state index is -0.660. The Hall–Kier alpha value is -2.05. The minimum Gasteiger partial charge on any atom is -0.384 e. The molecule has 1 aliphatic carbocycles. The van der Waals surface area contributed by atoms with E-state index < -0.39 is 5.92 Å². The largest absolute Gasteiger partial charge is 0.384 e. The molecule has 0 bridgehead atoms. The zero-order valence-electron chi connectivity index (χ0n) is 18.6. The molecule has 2 N–H and O–H groups in total. The Morgan fingerprint density at radius 3 is 2.67 bits per heavy atom. The normalized spacial score (nSPS) is 20.4. The average molecular weight is 521 g/mol. The van der Waals surface area contributed by atoms with Crippen LogP contribution in [-0.4, -0.2) is 21.2 Å². The van der Waals surface area contributed by atoms with Gasteiger partial charge < -0.3 is 5.73 Å². The lowest BCUT2D eigenvalue weighted by molar-refractivity contribution is -0.118. The fourth-order valence-electron chi connectivity index (χ4n) is 4.32. The van der Waals surface area contributed by atoms with Crippen molar-refractivity contribution in [3.8, 4) is 6.07 Å². The predicted molar refractivity (Wildman–Crippen MR) is 134 cm³/mol. The number of nitrogens with two attached hydrogens (primary N) is 1. The number of anilines is 1. The molecule has 0 spiro atoms. The molecule has 0 saturated heterocycles. The van der Waals surface area contributed by atoms with Crippen LogP contribution in [0.15, 0.2) is 45.2 Å². The maximum Gasteiger partial charge on any atom is 0.219 e. The van der Waals surface area contributed by atoms with Gasteiger partial charge in [-0.2, -0.15) is 5.26 Å². The Labute approximate surface area is 211 Å². The first-order chi connectivity index (χ1) is 15.5. The lowest BCUT2D eigenvalue weighted by Crippen LogP contribution is -2.42. The van der Waals surface area contributed by atoms with Crippen molar-refractivity contribution in [3.63, 3.8) is 0 Å². The number of hydrogen-bond donors (Lipinski definition) is 1. The van der Waals surface area contributed by atoms with Crippen LogP contribution in [0.2, 0.25) is 10.0 Å². The molecule has 1 atom stereocenters. The van der Waals surface area contributed by atoms with Crippen molar-refractivity contribution in [3.05, 3.63) is 56.5 Å². The predicted octanol–water partition coefficient (Wildman–Crippen LogP) is 6.29. The van der Waals surface area contributed by atoms with Crippen LogP contribution in [0, 0.1) is 16.7 Å². The summed E-state index contributed by atoms with van der Waals surface area (Å²) in [5, 5.41) is 20.6. The van der Waals surface area contributed by atoms with E-state index in [1.54, 1.807) is 34.9 Å². The molecule has 0 amide bonds. The summed E-state index contributed by atoms with van der Waals surface area (Å²) in [5.41, 5.74) is 8.54. The first-order valence-electron chi connectivity index (χ1n) is 10.4. The highest BCUT2D eigenvalue weighted by molar-refractivity contribution is 8.01. The van der Waals surface area contributed by atoms with Crippen LogP contribution in [0.25, 0.3) is 0 Å². The van der Waals surface area contributed by atoms with Crippen molar-refractivity contribution < 1.29 is 4.79 Å². The number of benzene rings is 1. The molecule has 1 aromatic carbocycles.